The first-order valence-electron chi connectivity index (χ1n) is 5.28. The molecule has 1 N–H and O–H groups in total. The molecule has 0 aliphatic rings. The zero-order valence-electron chi connectivity index (χ0n) is 10.1. The molecule has 0 heterocycles. The zero-order chi connectivity index (χ0) is 13.2. The number of carboxylic acids is 1. The van der Waals surface area contributed by atoms with Gasteiger partial charge in [0.15, 0.2) is 9.84 Å². The second-order valence-corrected chi connectivity index (χ2v) is 6.88. The van der Waals surface area contributed by atoms with Crippen molar-refractivity contribution in [1.82, 2.24) is 0 Å². The monoisotopic (exact) mass is 256 g/mol. The molecule has 0 saturated carbocycles. The topological polar surface area (TPSA) is 71.4 Å². The highest BCUT2D eigenvalue weighted by Gasteiger charge is 2.20. The van der Waals surface area contributed by atoms with Crippen LogP contribution in [0.2, 0.25) is 0 Å². The van der Waals surface area contributed by atoms with Crippen LogP contribution >= 0.6 is 0 Å². The first-order chi connectivity index (χ1) is 7.74. The van der Waals surface area contributed by atoms with Crippen molar-refractivity contribution in [1.29, 1.82) is 0 Å². The molecule has 0 fully saturated rings. The lowest BCUT2D eigenvalue weighted by Gasteiger charge is -2.10. The molecule has 0 aliphatic carbocycles. The number of carboxylic acid groups (broad SMARTS) is 1. The number of aryl methyl sites for hydroxylation is 1. The van der Waals surface area contributed by atoms with Crippen molar-refractivity contribution in [2.45, 2.75) is 31.8 Å². The highest BCUT2D eigenvalue weighted by atomic mass is 32.2. The van der Waals surface area contributed by atoms with Crippen LogP contribution in [0.15, 0.2) is 18.2 Å². The summed E-state index contributed by atoms with van der Waals surface area (Å²) in [4.78, 5) is 11.0. The molecule has 0 atom stereocenters. The van der Waals surface area contributed by atoms with Crippen LogP contribution in [-0.4, -0.2) is 24.7 Å². The Kier molecular flexibility index (Phi) is 3.93. The molecular formula is C12H16O4S. The Morgan fingerprint density at radius 3 is 2.41 bits per heavy atom. The highest BCUT2D eigenvalue weighted by molar-refractivity contribution is 7.91. The quantitative estimate of drug-likeness (QED) is 0.894. The van der Waals surface area contributed by atoms with Gasteiger partial charge in [-0.25, -0.2) is 13.2 Å². The average molecular weight is 256 g/mol. The van der Waals surface area contributed by atoms with E-state index >= 15 is 0 Å². The van der Waals surface area contributed by atoms with Gasteiger partial charge in [0, 0.05) is 0 Å². The third kappa shape index (κ3) is 3.30. The standard InChI is InChI=1S/C12H16O4S/c1-8(2)17(15,16)7-10-5-4-9(3)6-11(10)12(13)14/h4-6,8H,7H2,1-3H3,(H,13,14). The molecule has 0 spiro atoms. The average Bonchev–Trinajstić information content (AvgIpc) is 2.19. The molecule has 0 amide bonds. The van der Waals surface area contributed by atoms with Crippen LogP contribution in [0.1, 0.15) is 35.3 Å². The minimum atomic E-state index is -3.28. The Morgan fingerprint density at radius 2 is 1.94 bits per heavy atom. The molecule has 1 rings (SSSR count). The number of aromatic carboxylic acids is 1. The maximum atomic E-state index is 11.8. The molecule has 0 saturated heterocycles. The lowest BCUT2D eigenvalue weighted by atomic mass is 10.1. The number of sulfone groups is 1. The first-order valence-corrected chi connectivity index (χ1v) is 7.00. The largest absolute Gasteiger partial charge is 0.478 e. The van der Waals surface area contributed by atoms with Crippen LogP contribution in [0, 0.1) is 6.92 Å². The predicted octanol–water partition coefficient (Wildman–Crippen LogP) is 2.02. The van der Waals surface area contributed by atoms with Crippen molar-refractivity contribution >= 4 is 15.8 Å². The summed E-state index contributed by atoms with van der Waals surface area (Å²) in [5.41, 5.74) is 1.21. The molecule has 0 aromatic heterocycles. The maximum Gasteiger partial charge on any atom is 0.336 e. The van der Waals surface area contributed by atoms with Crippen molar-refractivity contribution < 1.29 is 18.3 Å². The van der Waals surface area contributed by atoms with E-state index in [0.717, 1.165) is 5.56 Å². The van der Waals surface area contributed by atoms with E-state index in [2.05, 4.69) is 0 Å². The van der Waals surface area contributed by atoms with E-state index in [1.807, 2.05) is 0 Å². The van der Waals surface area contributed by atoms with Gasteiger partial charge in [-0.05, 0) is 32.4 Å². The van der Waals surface area contributed by atoms with E-state index < -0.39 is 21.1 Å². The van der Waals surface area contributed by atoms with Gasteiger partial charge < -0.3 is 5.11 Å². The van der Waals surface area contributed by atoms with Crippen molar-refractivity contribution in [3.05, 3.63) is 34.9 Å². The van der Waals surface area contributed by atoms with Crippen LogP contribution in [0.5, 0.6) is 0 Å². The van der Waals surface area contributed by atoms with E-state index in [9.17, 15) is 13.2 Å². The number of hydrogen-bond donors (Lipinski definition) is 1. The molecule has 94 valence electrons. The summed E-state index contributed by atoms with van der Waals surface area (Å²) in [6.45, 7) is 4.95. The van der Waals surface area contributed by atoms with Crippen molar-refractivity contribution in [2.24, 2.45) is 0 Å². The Balaban J connectivity index is 3.20. The molecule has 1 aromatic carbocycles. The second-order valence-electron chi connectivity index (χ2n) is 4.32. The van der Waals surface area contributed by atoms with Crippen molar-refractivity contribution in [3.63, 3.8) is 0 Å². The van der Waals surface area contributed by atoms with Gasteiger partial charge in [0.25, 0.3) is 0 Å². The molecule has 17 heavy (non-hydrogen) atoms. The Hall–Kier alpha value is -1.36. The lowest BCUT2D eigenvalue weighted by molar-refractivity contribution is 0.0696. The summed E-state index contributed by atoms with van der Waals surface area (Å²) >= 11 is 0. The summed E-state index contributed by atoms with van der Waals surface area (Å²) in [5, 5.41) is 8.52. The Labute approximate surface area is 101 Å². The summed E-state index contributed by atoms with van der Waals surface area (Å²) in [6, 6.07) is 4.78. The van der Waals surface area contributed by atoms with Gasteiger partial charge in [-0.2, -0.15) is 0 Å². The molecular weight excluding hydrogens is 240 g/mol. The fourth-order valence-corrected chi connectivity index (χ4v) is 2.42. The number of carbonyl (C=O) groups is 1. The SMILES string of the molecule is Cc1ccc(CS(=O)(=O)C(C)C)c(C(=O)O)c1. The molecule has 0 aliphatic heterocycles. The third-order valence-corrected chi connectivity index (χ3v) is 4.72. The van der Waals surface area contributed by atoms with Crippen LogP contribution in [0.4, 0.5) is 0 Å². The Morgan fingerprint density at radius 1 is 1.35 bits per heavy atom. The minimum absolute atomic E-state index is 0.0641. The van der Waals surface area contributed by atoms with Crippen molar-refractivity contribution in [3.8, 4) is 0 Å². The molecule has 0 bridgehead atoms. The summed E-state index contributed by atoms with van der Waals surface area (Å²) in [7, 11) is -3.28. The van der Waals surface area contributed by atoms with E-state index in [4.69, 9.17) is 5.11 Å². The Bertz CT molecular complexity index is 529. The lowest BCUT2D eigenvalue weighted by Crippen LogP contribution is -2.17. The van der Waals surface area contributed by atoms with Crippen molar-refractivity contribution in [2.75, 3.05) is 0 Å². The zero-order valence-corrected chi connectivity index (χ0v) is 10.9. The van der Waals surface area contributed by atoms with Gasteiger partial charge in [-0.3, -0.25) is 0 Å². The summed E-state index contributed by atoms with van der Waals surface area (Å²) < 4.78 is 23.5. The van der Waals surface area contributed by atoms with Gasteiger partial charge in [0.05, 0.1) is 16.6 Å². The molecule has 0 unspecified atom stereocenters. The van der Waals surface area contributed by atoms with E-state index in [0.29, 0.717) is 5.56 Å². The van der Waals surface area contributed by atoms with Crippen LogP contribution < -0.4 is 0 Å². The normalized spacial score (nSPS) is 11.8. The summed E-state index contributed by atoms with van der Waals surface area (Å²) in [6.07, 6.45) is 0. The molecule has 5 heteroatoms. The number of hydrogen-bond acceptors (Lipinski definition) is 3. The van der Waals surface area contributed by atoms with Crippen LogP contribution in [-0.2, 0) is 15.6 Å². The molecule has 0 radical (unpaired) electrons. The van der Waals surface area contributed by atoms with Gasteiger partial charge >= 0.3 is 5.97 Å². The van der Waals surface area contributed by atoms with E-state index in [-0.39, 0.29) is 11.3 Å². The van der Waals surface area contributed by atoms with Gasteiger partial charge in [-0.1, -0.05) is 17.7 Å². The van der Waals surface area contributed by atoms with Gasteiger partial charge in [0.2, 0.25) is 0 Å². The third-order valence-electron chi connectivity index (χ3n) is 2.57. The first kappa shape index (κ1) is 13.7. The van der Waals surface area contributed by atoms with Crippen LogP contribution in [0.25, 0.3) is 0 Å². The van der Waals surface area contributed by atoms with Gasteiger partial charge in [-0.15, -0.1) is 0 Å². The fourth-order valence-electron chi connectivity index (χ4n) is 1.40. The van der Waals surface area contributed by atoms with E-state index in [1.54, 1.807) is 32.9 Å². The molecule has 4 nitrogen and oxygen atoms in total. The maximum absolute atomic E-state index is 11.8. The summed E-state index contributed by atoms with van der Waals surface area (Å²) in [5.74, 6) is -1.32. The highest BCUT2D eigenvalue weighted by Crippen LogP contribution is 2.17. The van der Waals surface area contributed by atoms with Crippen LogP contribution in [0.3, 0.4) is 0 Å². The molecule has 1 aromatic rings. The predicted molar refractivity (Wildman–Crippen MR) is 65.9 cm³/mol. The number of benzene rings is 1. The number of rotatable bonds is 4. The smallest absolute Gasteiger partial charge is 0.336 e. The van der Waals surface area contributed by atoms with Gasteiger partial charge in [0.1, 0.15) is 0 Å². The van der Waals surface area contributed by atoms with E-state index in [1.165, 1.54) is 6.07 Å². The fraction of sp³-hybridized carbons (Fsp3) is 0.417. The second kappa shape index (κ2) is 4.87. The minimum Gasteiger partial charge on any atom is -0.478 e.